The molecule has 6 rings (SSSR count). The molecule has 36 heavy (non-hydrogen) atoms. The lowest BCUT2D eigenvalue weighted by atomic mass is 9.74. The van der Waals surface area contributed by atoms with Crippen LogP contribution in [0.4, 0.5) is 14.9 Å². The molecule has 4 atom stereocenters. The summed E-state index contributed by atoms with van der Waals surface area (Å²) in [7, 11) is 0. The summed E-state index contributed by atoms with van der Waals surface area (Å²) < 4.78 is 13.4. The lowest BCUT2D eigenvalue weighted by molar-refractivity contribution is 0.0307. The van der Waals surface area contributed by atoms with Crippen molar-refractivity contribution >= 4 is 17.5 Å². The molecule has 3 aliphatic rings. The number of Topliss-reactive ketones (excluding diaryl/α,β-unsaturated/α-hetero) is 1. The summed E-state index contributed by atoms with van der Waals surface area (Å²) in [4.78, 5) is 35.9. The minimum atomic E-state index is -0.273. The van der Waals surface area contributed by atoms with E-state index in [1.165, 1.54) is 19.1 Å². The van der Waals surface area contributed by atoms with Crippen molar-refractivity contribution < 1.29 is 14.0 Å². The number of anilines is 1. The maximum atomic E-state index is 13.4. The van der Waals surface area contributed by atoms with E-state index < -0.39 is 0 Å². The van der Waals surface area contributed by atoms with Crippen LogP contribution in [-0.2, 0) is 0 Å². The first-order valence-corrected chi connectivity index (χ1v) is 12.4. The number of aromatic nitrogens is 2. The number of aryl methyl sites for hydroxylation is 1. The average Bonchev–Trinajstić information content (AvgIpc) is 2.88. The van der Waals surface area contributed by atoms with Crippen molar-refractivity contribution in [2.45, 2.75) is 38.6 Å². The van der Waals surface area contributed by atoms with Gasteiger partial charge in [-0.15, -0.1) is 0 Å². The highest BCUT2D eigenvalue weighted by atomic mass is 19.1. The third-order valence-corrected chi connectivity index (χ3v) is 7.28. The summed E-state index contributed by atoms with van der Waals surface area (Å²) in [5, 5.41) is 5.83. The second kappa shape index (κ2) is 10.1. The second-order valence-electron chi connectivity index (χ2n) is 9.74. The van der Waals surface area contributed by atoms with E-state index in [2.05, 4.69) is 20.5 Å². The molecule has 3 aromatic rings. The summed E-state index contributed by atoms with van der Waals surface area (Å²) in [6.07, 6.45) is 2.08. The summed E-state index contributed by atoms with van der Waals surface area (Å²) in [6, 6.07) is 15.4. The molecule has 2 N–H and O–H groups in total. The second-order valence-corrected chi connectivity index (χ2v) is 9.74. The number of urea groups is 1. The number of carbonyl (C=O) groups excluding carboxylic acids is 2. The van der Waals surface area contributed by atoms with Gasteiger partial charge in [-0.25, -0.2) is 19.2 Å². The highest BCUT2D eigenvalue weighted by Crippen LogP contribution is 2.41. The molecule has 0 spiro atoms. The van der Waals surface area contributed by atoms with E-state index in [1.54, 1.807) is 36.4 Å². The van der Waals surface area contributed by atoms with Crippen molar-refractivity contribution in [2.24, 2.45) is 5.92 Å². The van der Waals surface area contributed by atoms with E-state index in [0.29, 0.717) is 35.5 Å². The molecule has 3 fully saturated rings. The molecule has 2 amide bonds. The molecule has 2 aromatic carbocycles. The predicted molar refractivity (Wildman–Crippen MR) is 136 cm³/mol. The Morgan fingerprint density at radius 2 is 1.92 bits per heavy atom. The number of carbonyl (C=O) groups is 2. The summed E-state index contributed by atoms with van der Waals surface area (Å²) in [5.74, 6) is 1.20. The molecule has 8 heteroatoms. The van der Waals surface area contributed by atoms with Gasteiger partial charge >= 0.3 is 6.03 Å². The Bertz CT molecular complexity index is 1280. The normalized spacial score (nSPS) is 22.8. The zero-order valence-electron chi connectivity index (χ0n) is 20.5. The van der Waals surface area contributed by atoms with E-state index in [1.807, 2.05) is 13.0 Å². The zero-order valence-corrected chi connectivity index (χ0v) is 20.5. The van der Waals surface area contributed by atoms with Crippen LogP contribution in [0.1, 0.15) is 47.6 Å². The van der Waals surface area contributed by atoms with Crippen LogP contribution in [0.3, 0.4) is 0 Å². The van der Waals surface area contributed by atoms with Gasteiger partial charge in [-0.3, -0.25) is 9.69 Å². The third kappa shape index (κ3) is 5.28. The first-order chi connectivity index (χ1) is 17.4. The van der Waals surface area contributed by atoms with Gasteiger partial charge in [0.1, 0.15) is 11.6 Å². The number of rotatable bonds is 6. The van der Waals surface area contributed by atoms with Gasteiger partial charge in [-0.1, -0.05) is 12.1 Å². The Labute approximate surface area is 210 Å². The van der Waals surface area contributed by atoms with Crippen LogP contribution in [0.5, 0.6) is 0 Å². The molecule has 7 nitrogen and oxygen atoms in total. The molecule has 0 radical (unpaired) electrons. The highest BCUT2D eigenvalue weighted by Gasteiger charge is 2.41. The maximum Gasteiger partial charge on any atom is 0.319 e. The molecule has 4 heterocycles. The number of fused-ring (bicyclic) bond motifs is 3. The Hall–Kier alpha value is -3.65. The summed E-state index contributed by atoms with van der Waals surface area (Å²) >= 11 is 0. The Balaban J connectivity index is 1.22. The lowest BCUT2D eigenvalue weighted by Gasteiger charge is -2.49. The molecular formula is C28H30FN5O2. The van der Waals surface area contributed by atoms with Crippen LogP contribution in [0.2, 0.25) is 0 Å². The fourth-order valence-electron chi connectivity index (χ4n) is 5.44. The first kappa shape index (κ1) is 24.1. The number of ketones is 1. The van der Waals surface area contributed by atoms with Gasteiger partial charge in [0, 0.05) is 47.6 Å². The lowest BCUT2D eigenvalue weighted by Crippen LogP contribution is -2.56. The number of amides is 2. The van der Waals surface area contributed by atoms with E-state index >= 15 is 0 Å². The van der Waals surface area contributed by atoms with Crippen molar-refractivity contribution in [1.29, 1.82) is 0 Å². The molecular weight excluding hydrogens is 457 g/mol. The molecule has 3 saturated heterocycles. The largest absolute Gasteiger partial charge is 0.336 e. The fourth-order valence-corrected chi connectivity index (χ4v) is 5.44. The smallest absolute Gasteiger partial charge is 0.319 e. The number of halogens is 1. The third-order valence-electron chi connectivity index (χ3n) is 7.28. The van der Waals surface area contributed by atoms with Gasteiger partial charge in [-0.2, -0.15) is 0 Å². The number of piperidine rings is 3. The number of benzene rings is 2. The van der Waals surface area contributed by atoms with Crippen LogP contribution >= 0.6 is 0 Å². The molecule has 4 unspecified atom stereocenters. The van der Waals surface area contributed by atoms with E-state index in [-0.39, 0.29) is 23.7 Å². The number of nitrogens with zero attached hydrogens (tertiary/aromatic N) is 3. The van der Waals surface area contributed by atoms with Crippen LogP contribution in [0.25, 0.3) is 11.3 Å². The topological polar surface area (TPSA) is 87.2 Å². The van der Waals surface area contributed by atoms with Crippen LogP contribution < -0.4 is 10.6 Å². The molecule has 0 saturated carbocycles. The SMILES string of the molecule is CC(=O)c1cccc(NC(=O)NCC2CC3CCN2CC3c2cc(-c3ccc(F)cc3)nc(C)n2)c1. The van der Waals surface area contributed by atoms with Crippen LogP contribution in [0.15, 0.2) is 54.6 Å². The van der Waals surface area contributed by atoms with Gasteiger partial charge in [-0.05, 0) is 81.6 Å². The van der Waals surface area contributed by atoms with Crippen molar-refractivity contribution in [2.75, 3.05) is 25.0 Å². The minimum Gasteiger partial charge on any atom is -0.336 e. The van der Waals surface area contributed by atoms with Crippen molar-refractivity contribution in [3.63, 3.8) is 0 Å². The van der Waals surface area contributed by atoms with Crippen LogP contribution in [-0.4, -0.2) is 52.4 Å². The predicted octanol–water partition coefficient (Wildman–Crippen LogP) is 4.79. The van der Waals surface area contributed by atoms with Gasteiger partial charge in [0.25, 0.3) is 0 Å². The number of hydrogen-bond acceptors (Lipinski definition) is 5. The summed E-state index contributed by atoms with van der Waals surface area (Å²) in [6.45, 7) is 5.86. The summed E-state index contributed by atoms with van der Waals surface area (Å²) in [5.41, 5.74) is 3.90. The van der Waals surface area contributed by atoms with Gasteiger partial charge < -0.3 is 10.6 Å². The molecule has 1 aromatic heterocycles. The van der Waals surface area contributed by atoms with Crippen molar-refractivity contribution in [3.8, 4) is 11.3 Å². The average molecular weight is 488 g/mol. The van der Waals surface area contributed by atoms with Gasteiger partial charge in [0.2, 0.25) is 0 Å². The Morgan fingerprint density at radius 3 is 2.64 bits per heavy atom. The monoisotopic (exact) mass is 487 g/mol. The zero-order chi connectivity index (χ0) is 25.2. The van der Waals surface area contributed by atoms with Crippen LogP contribution in [0, 0.1) is 18.7 Å². The van der Waals surface area contributed by atoms with Gasteiger partial charge in [0.05, 0.1) is 5.69 Å². The Morgan fingerprint density at radius 1 is 1.11 bits per heavy atom. The molecule has 2 bridgehead atoms. The van der Waals surface area contributed by atoms with Gasteiger partial charge in [0.15, 0.2) is 5.78 Å². The molecule has 0 aliphatic carbocycles. The first-order valence-electron chi connectivity index (χ1n) is 12.4. The van der Waals surface area contributed by atoms with E-state index in [0.717, 1.165) is 42.9 Å². The van der Waals surface area contributed by atoms with Crippen molar-refractivity contribution in [3.05, 3.63) is 77.5 Å². The minimum absolute atomic E-state index is 0.0386. The van der Waals surface area contributed by atoms with Crippen molar-refractivity contribution in [1.82, 2.24) is 20.2 Å². The number of nitrogens with one attached hydrogen (secondary N) is 2. The standard InChI is InChI=1S/C28H30FN5O2/c1-17(35)20-4-3-5-23(12-20)33-28(36)30-15-24-13-21-10-11-34(24)16-25(21)27-14-26(31-18(2)32-27)19-6-8-22(29)9-7-19/h3-9,12,14,21,24-25H,10-11,13,15-16H2,1-2H3,(H2,30,33,36). The molecule has 3 aliphatic heterocycles. The van der Waals surface area contributed by atoms with E-state index in [4.69, 9.17) is 4.98 Å². The quantitative estimate of drug-likeness (QED) is 0.488. The Kier molecular flexibility index (Phi) is 6.78. The fraction of sp³-hybridized carbons (Fsp3) is 0.357. The number of hydrogen-bond donors (Lipinski definition) is 2. The van der Waals surface area contributed by atoms with E-state index in [9.17, 15) is 14.0 Å². The molecule has 186 valence electrons. The maximum absolute atomic E-state index is 13.4. The highest BCUT2D eigenvalue weighted by molar-refractivity contribution is 5.96.